The summed E-state index contributed by atoms with van der Waals surface area (Å²) in [5.41, 5.74) is 18.0. The van der Waals surface area contributed by atoms with Crippen LogP contribution >= 0.6 is 15.9 Å². The number of carbonyl (C=O) groups is 5. The van der Waals surface area contributed by atoms with Crippen LogP contribution < -0.4 is 21.7 Å². The molecule has 5 aromatic carbocycles. The Kier molecular flexibility index (Phi) is 30.9. The molecule has 5 aromatic rings. The van der Waals surface area contributed by atoms with Crippen LogP contribution in [-0.4, -0.2) is 121 Å². The number of nitrogens with two attached hydrogens (primary N) is 1. The van der Waals surface area contributed by atoms with Crippen LogP contribution in [0.15, 0.2) is 125 Å². The first-order valence-corrected chi connectivity index (χ1v) is 24.3. The van der Waals surface area contributed by atoms with Crippen LogP contribution in [0.2, 0.25) is 0 Å². The summed E-state index contributed by atoms with van der Waals surface area (Å²) >= 11 is 2.93. The molecular weight excluding hydrogens is 1020 g/mol. The molecule has 0 aliphatic carbocycles. The van der Waals surface area contributed by atoms with Gasteiger partial charge in [0, 0.05) is 57.3 Å². The minimum absolute atomic E-state index is 0.00325. The number of alkyl halides is 1. The number of aliphatic hydroxyl groups is 2. The lowest BCUT2D eigenvalue weighted by molar-refractivity contribution is -0.122. The summed E-state index contributed by atoms with van der Waals surface area (Å²) in [6.45, 7) is 11.4. The van der Waals surface area contributed by atoms with Gasteiger partial charge >= 0.3 is 0 Å². The molecule has 0 saturated heterocycles. The lowest BCUT2D eigenvalue weighted by Crippen LogP contribution is -2.31. The zero-order valence-electron chi connectivity index (χ0n) is 42.7. The van der Waals surface area contributed by atoms with E-state index in [-0.39, 0.29) is 95.2 Å². The second-order valence-corrected chi connectivity index (χ2v) is 17.2. The molecule has 5 rings (SSSR count). The Morgan fingerprint density at radius 2 is 0.986 bits per heavy atom. The topological polar surface area (TPSA) is 330 Å². The van der Waals surface area contributed by atoms with Crippen molar-refractivity contribution in [2.24, 2.45) is 15.8 Å². The summed E-state index contributed by atoms with van der Waals surface area (Å²) in [7, 11) is 0. The zero-order valence-corrected chi connectivity index (χ0v) is 44.3. The molecule has 398 valence electrons. The quantitative estimate of drug-likeness (QED) is 0.00824. The van der Waals surface area contributed by atoms with E-state index in [0.29, 0.717) is 35.2 Å². The number of aliphatic imine (C=N–C) groups is 1. The van der Waals surface area contributed by atoms with Gasteiger partial charge < -0.3 is 52.3 Å². The molecule has 0 radical (unpaired) electrons. The third-order valence-corrected chi connectivity index (χ3v) is 11.4. The number of hydrogen-bond acceptors (Lipinski definition) is 17. The molecule has 0 aliphatic heterocycles. The normalized spacial score (nSPS) is 11.9. The number of Topliss-reactive ketones (excluding diaryl/α,β-unsaturated/α-hetero) is 5. The number of hydrogen-bond donors (Lipinski definition) is 10. The first-order chi connectivity index (χ1) is 35.2. The van der Waals surface area contributed by atoms with Crippen molar-refractivity contribution in [1.29, 1.82) is 0 Å². The van der Waals surface area contributed by atoms with E-state index < -0.39 is 18.0 Å². The van der Waals surface area contributed by atoms with E-state index in [9.17, 15) is 44.4 Å². The van der Waals surface area contributed by atoms with Crippen LogP contribution in [-0.2, 0) is 19.2 Å². The molecule has 74 heavy (non-hydrogen) atoms. The molecule has 0 bridgehead atoms. The van der Waals surface area contributed by atoms with Gasteiger partial charge in [0.1, 0.15) is 36.2 Å². The highest BCUT2D eigenvalue weighted by Crippen LogP contribution is 2.31. The van der Waals surface area contributed by atoms with E-state index in [0.717, 1.165) is 17.1 Å². The third kappa shape index (κ3) is 23.3. The van der Waals surface area contributed by atoms with Crippen molar-refractivity contribution in [3.8, 4) is 23.0 Å². The zero-order chi connectivity index (χ0) is 55.8. The van der Waals surface area contributed by atoms with Gasteiger partial charge in [-0.3, -0.25) is 29.0 Å². The van der Waals surface area contributed by atoms with E-state index in [2.05, 4.69) is 46.9 Å². The van der Waals surface area contributed by atoms with Gasteiger partial charge in [0.25, 0.3) is 0 Å². The molecule has 0 spiro atoms. The summed E-state index contributed by atoms with van der Waals surface area (Å²) in [6.07, 6.45) is 0.920. The molecule has 19 nitrogen and oxygen atoms in total. The van der Waals surface area contributed by atoms with Gasteiger partial charge in [0.15, 0.2) is 28.9 Å². The first kappa shape index (κ1) is 64.4. The standard InChI is InChI=1S/C20H24N2O3.C10H14N2O.C10H13NO2.C10H12O3.C4H6BrN3O2/c1-4-17(16-10-11-18(23)13(2)20(16)25)21-12-19(24)14(3)22-15-8-6-5-7-9-15;1-8(10(13)7-11)12-9-5-3-2-4-6-9;1-8(10(13)7-12)11-9-5-3-2-4-6-9;1-3-8(11)7-4-5-9(12)6(2)10(7)13;5-3(1-7-8-6)4(10)2-9/h5-11,14,22-23,25H,4,12H2,1-3H3;2-6,8,12H,7,11H2,1H3;2-6,8,11-12H,7H2,1H3;4-5,12-13H,3H2,1-2H3;3,9H,1-2H2. The smallest absolute Gasteiger partial charge is 0.179 e. The Morgan fingerprint density at radius 1 is 0.595 bits per heavy atom. The second kappa shape index (κ2) is 35.5. The maximum atomic E-state index is 12.3. The number of anilines is 3. The number of rotatable bonds is 21. The van der Waals surface area contributed by atoms with Crippen LogP contribution in [0.4, 0.5) is 17.1 Å². The number of halogens is 1. The van der Waals surface area contributed by atoms with Crippen LogP contribution in [0.25, 0.3) is 10.4 Å². The number of phenolic OH excluding ortho intramolecular Hbond substituents is 4. The second-order valence-electron chi connectivity index (χ2n) is 16.1. The third-order valence-electron chi connectivity index (χ3n) is 10.6. The molecule has 20 heteroatoms. The number of azide groups is 1. The van der Waals surface area contributed by atoms with Crippen LogP contribution in [0.3, 0.4) is 0 Å². The van der Waals surface area contributed by atoms with Crippen molar-refractivity contribution in [3.63, 3.8) is 0 Å². The molecule has 0 fully saturated rings. The number of aliphatic hydroxyl groups excluding tert-OH is 2. The monoisotopic (exact) mass is 1080 g/mol. The molecule has 0 amide bonds. The van der Waals surface area contributed by atoms with E-state index >= 15 is 0 Å². The lowest BCUT2D eigenvalue weighted by atomic mass is 10.0. The summed E-state index contributed by atoms with van der Waals surface area (Å²) in [6, 6.07) is 33.7. The summed E-state index contributed by atoms with van der Waals surface area (Å²) in [4.78, 5) is 62.5. The number of nitrogens with one attached hydrogen (secondary N) is 3. The van der Waals surface area contributed by atoms with Crippen LogP contribution in [0, 0.1) is 13.8 Å². The number of para-hydroxylation sites is 3. The van der Waals surface area contributed by atoms with Gasteiger partial charge in [-0.1, -0.05) is 89.5 Å². The predicted octanol–water partition coefficient (Wildman–Crippen LogP) is 8.36. The van der Waals surface area contributed by atoms with Gasteiger partial charge in [-0.2, -0.15) is 0 Å². The molecular formula is C54H69BrN8O11. The van der Waals surface area contributed by atoms with E-state index in [1.54, 1.807) is 40.7 Å². The highest BCUT2D eigenvalue weighted by atomic mass is 79.9. The number of carbonyl (C=O) groups excluding carboxylic acids is 5. The lowest BCUT2D eigenvalue weighted by Gasteiger charge is -2.14. The van der Waals surface area contributed by atoms with Crippen molar-refractivity contribution in [2.45, 2.75) is 84.3 Å². The summed E-state index contributed by atoms with van der Waals surface area (Å²) < 4.78 is 0. The highest BCUT2D eigenvalue weighted by Gasteiger charge is 2.17. The first-order valence-electron chi connectivity index (χ1n) is 23.4. The summed E-state index contributed by atoms with van der Waals surface area (Å²) in [5.74, 6) is -0.806. The van der Waals surface area contributed by atoms with E-state index in [1.165, 1.54) is 18.2 Å². The summed E-state index contributed by atoms with van der Waals surface area (Å²) in [5, 5.41) is 67.8. The maximum Gasteiger partial charge on any atom is 0.179 e. The van der Waals surface area contributed by atoms with Crippen LogP contribution in [0.1, 0.15) is 74.5 Å². The van der Waals surface area contributed by atoms with Gasteiger partial charge in [-0.15, -0.1) is 0 Å². The van der Waals surface area contributed by atoms with Crippen molar-refractivity contribution in [3.05, 3.63) is 148 Å². The number of aromatic hydroxyl groups is 4. The van der Waals surface area contributed by atoms with E-state index in [4.69, 9.17) is 21.5 Å². The van der Waals surface area contributed by atoms with Gasteiger partial charge in [-0.25, -0.2) is 0 Å². The molecule has 0 aromatic heterocycles. The average Bonchev–Trinajstić information content (AvgIpc) is 3.42. The number of benzene rings is 5. The van der Waals surface area contributed by atoms with Crippen molar-refractivity contribution < 1.29 is 54.6 Å². The highest BCUT2D eigenvalue weighted by molar-refractivity contribution is 9.10. The molecule has 0 aliphatic rings. The molecule has 0 heterocycles. The van der Waals surface area contributed by atoms with Crippen molar-refractivity contribution >= 4 is 67.6 Å². The van der Waals surface area contributed by atoms with Crippen molar-refractivity contribution in [2.75, 3.05) is 48.8 Å². The van der Waals surface area contributed by atoms with E-state index in [1.807, 2.05) is 105 Å². The Hall–Kier alpha value is -7.61. The Morgan fingerprint density at radius 3 is 1.36 bits per heavy atom. The Bertz CT molecular complexity index is 2560. The fraction of sp³-hybridized carbons (Fsp3) is 0.333. The number of phenols is 4. The fourth-order valence-electron chi connectivity index (χ4n) is 5.94. The molecule has 11 N–H and O–H groups in total. The Balaban J connectivity index is 0.000000485. The van der Waals surface area contributed by atoms with Gasteiger partial charge in [0.2, 0.25) is 0 Å². The maximum absolute atomic E-state index is 12.3. The minimum atomic E-state index is -0.562. The van der Waals surface area contributed by atoms with Gasteiger partial charge in [0.05, 0.1) is 41.6 Å². The molecule has 4 atom stereocenters. The average molecular weight is 1090 g/mol. The number of ketones is 5. The molecule has 0 saturated carbocycles. The van der Waals surface area contributed by atoms with Gasteiger partial charge in [-0.05, 0) is 107 Å². The predicted molar refractivity (Wildman–Crippen MR) is 294 cm³/mol. The fourth-order valence-corrected chi connectivity index (χ4v) is 6.22. The largest absolute Gasteiger partial charge is 0.508 e. The minimum Gasteiger partial charge on any atom is -0.508 e. The van der Waals surface area contributed by atoms with Crippen molar-refractivity contribution in [1.82, 2.24) is 0 Å². The SMILES string of the molecule is CC(Nc1ccccc1)C(=O)CN.CC(Nc1ccccc1)C(=O)CO.CCC(=NCC(=O)C(C)Nc1ccccc1)c1ccc(O)c(C)c1O.CCC(=O)c1ccc(O)c(C)c1O.[N-]=[N+]=NCC(Br)C(=O)CO. The molecule has 4 unspecified atom stereocenters. The van der Waals surface area contributed by atoms with Crippen LogP contribution in [0.5, 0.6) is 23.0 Å². The number of nitrogens with zero attached hydrogens (tertiary/aromatic N) is 4. The Labute approximate surface area is 440 Å².